The number of hydrogen-bond acceptors (Lipinski definition) is 6. The standard InChI is InChI=1S/C16H17N3O7/c20-13(17-16(4-1-5-16)7-15(22)23)8-18-11-6-10(19(24)25)2-3-12(11)26-9-14(18)21/h2-3,6H,1,4-5,7-9H2,(H,17,20)(H,22,23). The molecule has 1 fully saturated rings. The summed E-state index contributed by atoms with van der Waals surface area (Å²) in [5.74, 6) is -1.76. The minimum absolute atomic E-state index is 0.145. The van der Waals surface area contributed by atoms with Crippen molar-refractivity contribution in [1.29, 1.82) is 0 Å². The van der Waals surface area contributed by atoms with E-state index in [0.717, 1.165) is 11.3 Å². The Morgan fingerprint density at radius 1 is 1.38 bits per heavy atom. The SMILES string of the molecule is O=C(O)CC1(NC(=O)CN2C(=O)COc3ccc([N+](=O)[O-])cc32)CCC1. The Morgan fingerprint density at radius 2 is 2.12 bits per heavy atom. The fourth-order valence-corrected chi connectivity index (χ4v) is 3.20. The maximum Gasteiger partial charge on any atom is 0.305 e. The first kappa shape index (κ1) is 17.6. The van der Waals surface area contributed by atoms with E-state index >= 15 is 0 Å². The highest BCUT2D eigenvalue weighted by Gasteiger charge is 2.41. The average Bonchev–Trinajstić information content (AvgIpc) is 2.54. The van der Waals surface area contributed by atoms with Gasteiger partial charge in [-0.05, 0) is 25.3 Å². The molecule has 10 heteroatoms. The number of nitrogens with one attached hydrogen (secondary N) is 1. The molecule has 1 aliphatic heterocycles. The number of fused-ring (bicyclic) bond motifs is 1. The lowest BCUT2D eigenvalue weighted by molar-refractivity contribution is -0.384. The summed E-state index contributed by atoms with van der Waals surface area (Å²) >= 11 is 0. The Balaban J connectivity index is 1.78. The number of hydrogen-bond donors (Lipinski definition) is 2. The van der Waals surface area contributed by atoms with Gasteiger partial charge in [0.1, 0.15) is 12.3 Å². The summed E-state index contributed by atoms with van der Waals surface area (Å²) in [5, 5.41) is 22.7. The molecule has 1 saturated carbocycles. The largest absolute Gasteiger partial charge is 0.482 e. The summed E-state index contributed by atoms with van der Waals surface area (Å²) in [4.78, 5) is 47.0. The van der Waals surface area contributed by atoms with Crippen molar-refractivity contribution in [1.82, 2.24) is 5.32 Å². The molecular formula is C16H17N3O7. The van der Waals surface area contributed by atoms with E-state index < -0.39 is 28.2 Å². The number of nitro benzene ring substituents is 1. The third-order valence-corrected chi connectivity index (χ3v) is 4.60. The van der Waals surface area contributed by atoms with Crippen LogP contribution in [-0.2, 0) is 14.4 Å². The quantitative estimate of drug-likeness (QED) is 0.564. The predicted octanol–water partition coefficient (Wildman–Crippen LogP) is 0.834. The second-order valence-electron chi connectivity index (χ2n) is 6.43. The highest BCUT2D eigenvalue weighted by molar-refractivity contribution is 6.02. The van der Waals surface area contributed by atoms with Gasteiger partial charge in [0.25, 0.3) is 11.6 Å². The molecule has 0 saturated heterocycles. The van der Waals surface area contributed by atoms with Crippen molar-refractivity contribution in [3.63, 3.8) is 0 Å². The summed E-state index contributed by atoms with van der Waals surface area (Å²) in [6, 6.07) is 3.81. The third-order valence-electron chi connectivity index (χ3n) is 4.60. The van der Waals surface area contributed by atoms with Crippen LogP contribution in [0.5, 0.6) is 5.75 Å². The third kappa shape index (κ3) is 3.44. The highest BCUT2D eigenvalue weighted by Crippen LogP contribution is 2.36. The average molecular weight is 363 g/mol. The maximum absolute atomic E-state index is 12.4. The van der Waals surface area contributed by atoms with Crippen LogP contribution in [0.4, 0.5) is 11.4 Å². The number of amides is 2. The zero-order chi connectivity index (χ0) is 18.9. The number of ether oxygens (including phenoxy) is 1. The predicted molar refractivity (Wildman–Crippen MR) is 87.9 cm³/mol. The van der Waals surface area contributed by atoms with E-state index in [9.17, 15) is 24.5 Å². The molecule has 0 atom stereocenters. The van der Waals surface area contributed by atoms with Crippen LogP contribution >= 0.6 is 0 Å². The van der Waals surface area contributed by atoms with E-state index in [0.29, 0.717) is 12.8 Å². The molecule has 138 valence electrons. The van der Waals surface area contributed by atoms with E-state index in [1.54, 1.807) is 0 Å². The number of carboxylic acid groups (broad SMARTS) is 1. The van der Waals surface area contributed by atoms with Gasteiger partial charge in [-0.2, -0.15) is 0 Å². The summed E-state index contributed by atoms with van der Waals surface area (Å²) in [6.45, 7) is -0.643. The fourth-order valence-electron chi connectivity index (χ4n) is 3.20. The van der Waals surface area contributed by atoms with E-state index in [-0.39, 0.29) is 36.7 Å². The number of nitrogens with zero attached hydrogens (tertiary/aromatic N) is 2. The molecule has 0 bridgehead atoms. The first-order valence-corrected chi connectivity index (χ1v) is 8.04. The molecule has 0 spiro atoms. The lowest BCUT2D eigenvalue weighted by atomic mass is 9.74. The van der Waals surface area contributed by atoms with Crippen LogP contribution in [-0.4, -0.2) is 46.5 Å². The first-order chi connectivity index (χ1) is 12.3. The van der Waals surface area contributed by atoms with Crippen molar-refractivity contribution in [3.8, 4) is 5.75 Å². The van der Waals surface area contributed by atoms with Gasteiger partial charge in [0.05, 0.1) is 22.6 Å². The molecule has 0 aromatic heterocycles. The number of aliphatic carboxylic acids is 1. The molecule has 1 heterocycles. The molecule has 0 unspecified atom stereocenters. The van der Waals surface area contributed by atoms with E-state index in [1.165, 1.54) is 18.2 Å². The van der Waals surface area contributed by atoms with Crippen LogP contribution < -0.4 is 15.0 Å². The number of carboxylic acids is 1. The smallest absolute Gasteiger partial charge is 0.305 e. The fraction of sp³-hybridized carbons (Fsp3) is 0.438. The van der Waals surface area contributed by atoms with Crippen LogP contribution in [0, 0.1) is 10.1 Å². The van der Waals surface area contributed by atoms with E-state index in [1.807, 2.05) is 0 Å². The number of carbonyl (C=O) groups excluding carboxylic acids is 2. The van der Waals surface area contributed by atoms with Crippen LogP contribution in [0.15, 0.2) is 18.2 Å². The Morgan fingerprint density at radius 3 is 2.69 bits per heavy atom. The lowest BCUT2D eigenvalue weighted by Gasteiger charge is -2.42. The van der Waals surface area contributed by atoms with Gasteiger partial charge in [-0.15, -0.1) is 0 Å². The van der Waals surface area contributed by atoms with Gasteiger partial charge in [0.2, 0.25) is 5.91 Å². The number of carbonyl (C=O) groups is 3. The van der Waals surface area contributed by atoms with Gasteiger partial charge in [0.15, 0.2) is 6.61 Å². The Bertz CT molecular complexity index is 788. The number of anilines is 1. The molecule has 3 rings (SSSR count). The van der Waals surface area contributed by atoms with Gasteiger partial charge in [0, 0.05) is 12.1 Å². The van der Waals surface area contributed by atoms with Crippen LogP contribution in [0.3, 0.4) is 0 Å². The normalized spacial score (nSPS) is 17.5. The summed E-state index contributed by atoms with van der Waals surface area (Å²) < 4.78 is 5.24. The minimum atomic E-state index is -1.01. The minimum Gasteiger partial charge on any atom is -0.482 e. The van der Waals surface area contributed by atoms with E-state index in [4.69, 9.17) is 9.84 Å². The zero-order valence-electron chi connectivity index (χ0n) is 13.8. The first-order valence-electron chi connectivity index (χ1n) is 8.04. The number of non-ortho nitro benzene ring substituents is 1. The van der Waals surface area contributed by atoms with E-state index in [2.05, 4.69) is 5.32 Å². The Kier molecular flexibility index (Phi) is 4.49. The summed E-state index contributed by atoms with van der Waals surface area (Å²) in [5.41, 5.74) is -0.871. The van der Waals surface area contributed by atoms with Gasteiger partial charge < -0.3 is 15.2 Å². The van der Waals surface area contributed by atoms with Gasteiger partial charge in [-0.3, -0.25) is 29.4 Å². The number of nitro groups is 1. The molecule has 26 heavy (non-hydrogen) atoms. The number of rotatable bonds is 6. The van der Waals surface area contributed by atoms with Crippen LogP contribution in [0.1, 0.15) is 25.7 Å². The Hall–Kier alpha value is -3.17. The highest BCUT2D eigenvalue weighted by atomic mass is 16.6. The molecule has 1 aromatic rings. The topological polar surface area (TPSA) is 139 Å². The van der Waals surface area contributed by atoms with Crippen molar-refractivity contribution in [2.75, 3.05) is 18.1 Å². The van der Waals surface area contributed by atoms with Gasteiger partial charge in [-0.1, -0.05) is 0 Å². The van der Waals surface area contributed by atoms with Crippen molar-refractivity contribution < 1.29 is 29.2 Å². The molecule has 2 amide bonds. The van der Waals surface area contributed by atoms with Crippen LogP contribution in [0.25, 0.3) is 0 Å². The van der Waals surface area contributed by atoms with Crippen molar-refractivity contribution in [2.45, 2.75) is 31.2 Å². The van der Waals surface area contributed by atoms with Gasteiger partial charge in [-0.25, -0.2) is 0 Å². The summed E-state index contributed by atoms with van der Waals surface area (Å²) in [7, 11) is 0. The lowest BCUT2D eigenvalue weighted by Crippen LogP contribution is -2.57. The zero-order valence-corrected chi connectivity index (χ0v) is 13.8. The molecule has 1 aliphatic carbocycles. The second-order valence-corrected chi connectivity index (χ2v) is 6.43. The number of benzene rings is 1. The summed E-state index contributed by atoms with van der Waals surface area (Å²) in [6.07, 6.45) is 1.76. The monoisotopic (exact) mass is 363 g/mol. The molecule has 1 aromatic carbocycles. The molecular weight excluding hydrogens is 346 g/mol. The van der Waals surface area contributed by atoms with Crippen molar-refractivity contribution in [3.05, 3.63) is 28.3 Å². The molecule has 2 N–H and O–H groups in total. The molecule has 0 radical (unpaired) electrons. The van der Waals surface area contributed by atoms with Crippen LogP contribution in [0.2, 0.25) is 0 Å². The van der Waals surface area contributed by atoms with Crippen molar-refractivity contribution >= 4 is 29.2 Å². The van der Waals surface area contributed by atoms with Gasteiger partial charge >= 0.3 is 5.97 Å². The second kappa shape index (κ2) is 6.62. The Labute approximate surface area is 147 Å². The molecule has 10 nitrogen and oxygen atoms in total. The maximum atomic E-state index is 12.4. The molecule has 2 aliphatic rings. The van der Waals surface area contributed by atoms with Crippen molar-refractivity contribution in [2.24, 2.45) is 0 Å².